The standard InChI is InChI=1S/C20H14ClN3O2S/c1-11-16(12-6-8-13(21)9-7-12)17-18(22-10-23-19(17)27-11)24-15-5-3-2-4-14(15)20(25)26/h2-10H,1H3,(H,25,26)(H,22,23,24). The van der Waals surface area contributed by atoms with Crippen LogP contribution in [0.3, 0.4) is 0 Å². The van der Waals surface area contributed by atoms with Crippen LogP contribution in [-0.2, 0) is 0 Å². The molecule has 0 aliphatic carbocycles. The van der Waals surface area contributed by atoms with E-state index < -0.39 is 5.97 Å². The molecule has 0 saturated carbocycles. The average Bonchev–Trinajstić information content (AvgIpc) is 2.99. The van der Waals surface area contributed by atoms with Crippen molar-refractivity contribution in [3.05, 3.63) is 70.3 Å². The number of para-hydroxylation sites is 1. The number of nitrogens with zero attached hydrogens (tertiary/aromatic N) is 2. The van der Waals surface area contributed by atoms with E-state index in [2.05, 4.69) is 15.3 Å². The number of halogens is 1. The van der Waals surface area contributed by atoms with Gasteiger partial charge in [-0.15, -0.1) is 11.3 Å². The minimum absolute atomic E-state index is 0.184. The number of aromatic nitrogens is 2. The fourth-order valence-electron chi connectivity index (χ4n) is 3.01. The summed E-state index contributed by atoms with van der Waals surface area (Å²) in [7, 11) is 0. The van der Waals surface area contributed by atoms with E-state index in [0.29, 0.717) is 16.5 Å². The number of carboxylic acid groups (broad SMARTS) is 1. The summed E-state index contributed by atoms with van der Waals surface area (Å²) in [4.78, 5) is 22.2. The van der Waals surface area contributed by atoms with E-state index in [1.54, 1.807) is 35.6 Å². The zero-order valence-electron chi connectivity index (χ0n) is 14.2. The minimum atomic E-state index is -0.997. The Morgan fingerprint density at radius 2 is 1.85 bits per heavy atom. The number of carbonyl (C=O) groups is 1. The van der Waals surface area contributed by atoms with Gasteiger partial charge in [0.2, 0.25) is 0 Å². The monoisotopic (exact) mass is 395 g/mol. The van der Waals surface area contributed by atoms with Crippen molar-refractivity contribution in [2.45, 2.75) is 6.92 Å². The highest BCUT2D eigenvalue weighted by atomic mass is 35.5. The number of aryl methyl sites for hydroxylation is 1. The summed E-state index contributed by atoms with van der Waals surface area (Å²) in [6.45, 7) is 2.03. The average molecular weight is 396 g/mol. The van der Waals surface area contributed by atoms with E-state index in [-0.39, 0.29) is 5.56 Å². The molecule has 4 aromatic rings. The number of thiophene rings is 1. The van der Waals surface area contributed by atoms with E-state index >= 15 is 0 Å². The highest BCUT2D eigenvalue weighted by Gasteiger charge is 2.18. The molecule has 0 bridgehead atoms. The van der Waals surface area contributed by atoms with Crippen LogP contribution in [0.25, 0.3) is 21.3 Å². The van der Waals surface area contributed by atoms with E-state index in [9.17, 15) is 9.90 Å². The highest BCUT2D eigenvalue weighted by Crippen LogP contribution is 2.41. The second-order valence-corrected chi connectivity index (χ2v) is 7.56. The summed E-state index contributed by atoms with van der Waals surface area (Å²) in [6.07, 6.45) is 1.48. The van der Waals surface area contributed by atoms with Crippen LogP contribution in [0.2, 0.25) is 5.02 Å². The van der Waals surface area contributed by atoms with Gasteiger partial charge in [-0.05, 0) is 36.8 Å². The van der Waals surface area contributed by atoms with Gasteiger partial charge in [-0.1, -0.05) is 35.9 Å². The molecule has 27 heavy (non-hydrogen) atoms. The fourth-order valence-corrected chi connectivity index (χ4v) is 4.15. The molecule has 4 rings (SSSR count). The van der Waals surface area contributed by atoms with Gasteiger partial charge in [-0.3, -0.25) is 0 Å². The first-order valence-corrected chi connectivity index (χ1v) is 9.33. The second kappa shape index (κ2) is 6.98. The van der Waals surface area contributed by atoms with Crippen molar-refractivity contribution in [1.82, 2.24) is 9.97 Å². The lowest BCUT2D eigenvalue weighted by atomic mass is 10.0. The lowest BCUT2D eigenvalue weighted by molar-refractivity contribution is 0.0698. The van der Waals surface area contributed by atoms with Gasteiger partial charge in [0, 0.05) is 15.5 Å². The second-order valence-electron chi connectivity index (χ2n) is 5.92. The molecule has 0 amide bonds. The van der Waals surface area contributed by atoms with Crippen LogP contribution >= 0.6 is 22.9 Å². The molecule has 0 aliphatic rings. The van der Waals surface area contributed by atoms with Crippen LogP contribution in [0, 0.1) is 6.92 Å². The largest absolute Gasteiger partial charge is 0.478 e. The maximum absolute atomic E-state index is 11.5. The van der Waals surface area contributed by atoms with Gasteiger partial charge >= 0.3 is 5.97 Å². The SMILES string of the molecule is Cc1sc2ncnc(Nc3ccccc3C(=O)O)c2c1-c1ccc(Cl)cc1. The molecule has 134 valence electrons. The van der Waals surface area contributed by atoms with Crippen molar-refractivity contribution in [3.63, 3.8) is 0 Å². The Kier molecular flexibility index (Phi) is 4.51. The predicted molar refractivity (Wildman–Crippen MR) is 109 cm³/mol. The third kappa shape index (κ3) is 3.25. The Labute approximate surface area is 164 Å². The van der Waals surface area contributed by atoms with Crippen LogP contribution in [0.5, 0.6) is 0 Å². The van der Waals surface area contributed by atoms with Crippen molar-refractivity contribution < 1.29 is 9.90 Å². The topological polar surface area (TPSA) is 75.1 Å². The molecule has 2 heterocycles. The summed E-state index contributed by atoms with van der Waals surface area (Å²) >= 11 is 7.60. The summed E-state index contributed by atoms with van der Waals surface area (Å²) in [5.74, 6) is -0.425. The molecule has 0 aliphatic heterocycles. The Morgan fingerprint density at radius 1 is 1.11 bits per heavy atom. The van der Waals surface area contributed by atoms with Crippen LogP contribution in [0.15, 0.2) is 54.9 Å². The summed E-state index contributed by atoms with van der Waals surface area (Å²) in [5.41, 5.74) is 2.69. The normalized spacial score (nSPS) is 10.9. The first-order valence-electron chi connectivity index (χ1n) is 8.14. The highest BCUT2D eigenvalue weighted by molar-refractivity contribution is 7.19. The molecule has 0 unspecified atom stereocenters. The summed E-state index contributed by atoms with van der Waals surface area (Å²) < 4.78 is 0. The Bertz CT molecular complexity index is 1160. The molecule has 2 N–H and O–H groups in total. The number of hydrogen-bond acceptors (Lipinski definition) is 5. The molecule has 0 fully saturated rings. The van der Waals surface area contributed by atoms with Gasteiger partial charge in [0.25, 0.3) is 0 Å². The Hall–Kier alpha value is -2.96. The number of aromatic carboxylic acids is 1. The van der Waals surface area contributed by atoms with E-state index in [1.165, 1.54) is 6.33 Å². The fraction of sp³-hybridized carbons (Fsp3) is 0.0500. The van der Waals surface area contributed by atoms with Crippen molar-refractivity contribution in [2.75, 3.05) is 5.32 Å². The molecular formula is C20H14ClN3O2S. The maximum atomic E-state index is 11.5. The molecule has 5 nitrogen and oxygen atoms in total. The van der Waals surface area contributed by atoms with Crippen molar-refractivity contribution >= 4 is 50.6 Å². The third-order valence-corrected chi connectivity index (χ3v) is 5.47. The van der Waals surface area contributed by atoms with Crippen LogP contribution < -0.4 is 5.32 Å². The number of carboxylic acids is 1. The molecular weight excluding hydrogens is 382 g/mol. The lowest BCUT2D eigenvalue weighted by Crippen LogP contribution is -2.03. The number of anilines is 2. The van der Waals surface area contributed by atoms with E-state index in [0.717, 1.165) is 26.2 Å². The van der Waals surface area contributed by atoms with E-state index in [1.807, 2.05) is 31.2 Å². The third-order valence-electron chi connectivity index (χ3n) is 4.21. The van der Waals surface area contributed by atoms with Crippen LogP contribution in [0.4, 0.5) is 11.5 Å². The van der Waals surface area contributed by atoms with Gasteiger partial charge in [0.15, 0.2) is 0 Å². The van der Waals surface area contributed by atoms with Gasteiger partial charge in [-0.25, -0.2) is 14.8 Å². The van der Waals surface area contributed by atoms with Crippen molar-refractivity contribution in [3.8, 4) is 11.1 Å². The van der Waals surface area contributed by atoms with Gasteiger partial charge in [0.1, 0.15) is 17.0 Å². The molecule has 2 aromatic heterocycles. The number of nitrogens with one attached hydrogen (secondary N) is 1. The molecule has 0 saturated heterocycles. The summed E-state index contributed by atoms with van der Waals surface area (Å²) in [5, 5.41) is 14.1. The molecule has 0 radical (unpaired) electrons. The van der Waals surface area contributed by atoms with Crippen LogP contribution in [0.1, 0.15) is 15.2 Å². The van der Waals surface area contributed by atoms with E-state index in [4.69, 9.17) is 11.6 Å². The molecule has 0 atom stereocenters. The summed E-state index contributed by atoms with van der Waals surface area (Å²) in [6, 6.07) is 14.4. The zero-order chi connectivity index (χ0) is 19.0. The van der Waals surface area contributed by atoms with Gasteiger partial charge in [-0.2, -0.15) is 0 Å². The van der Waals surface area contributed by atoms with Gasteiger partial charge < -0.3 is 10.4 Å². The smallest absolute Gasteiger partial charge is 0.337 e. The number of fused-ring (bicyclic) bond motifs is 1. The number of benzene rings is 2. The quantitative estimate of drug-likeness (QED) is 0.459. The first kappa shape index (κ1) is 17.5. The Balaban J connectivity index is 1.90. The first-order chi connectivity index (χ1) is 13.0. The number of rotatable bonds is 4. The minimum Gasteiger partial charge on any atom is -0.478 e. The number of hydrogen-bond donors (Lipinski definition) is 2. The Morgan fingerprint density at radius 3 is 2.59 bits per heavy atom. The maximum Gasteiger partial charge on any atom is 0.337 e. The van der Waals surface area contributed by atoms with Gasteiger partial charge in [0.05, 0.1) is 16.6 Å². The van der Waals surface area contributed by atoms with Crippen molar-refractivity contribution in [2.24, 2.45) is 0 Å². The zero-order valence-corrected chi connectivity index (χ0v) is 15.8. The predicted octanol–water partition coefficient (Wildman–Crippen LogP) is 5.76. The molecule has 2 aromatic carbocycles. The lowest BCUT2D eigenvalue weighted by Gasteiger charge is -2.11. The van der Waals surface area contributed by atoms with Crippen molar-refractivity contribution in [1.29, 1.82) is 0 Å². The molecule has 7 heteroatoms. The van der Waals surface area contributed by atoms with Crippen LogP contribution in [-0.4, -0.2) is 21.0 Å². The molecule has 0 spiro atoms.